The van der Waals surface area contributed by atoms with Crippen molar-refractivity contribution >= 4 is 35.5 Å². The Morgan fingerprint density at radius 3 is 1.56 bits per heavy atom. The van der Waals surface area contributed by atoms with Gasteiger partial charge in [-0.1, -0.05) is 13.2 Å². The molecular weight excluding hydrogens is 272 g/mol. The summed E-state index contributed by atoms with van der Waals surface area (Å²) in [6, 6.07) is 0. The van der Waals surface area contributed by atoms with Gasteiger partial charge in [0, 0.05) is 23.7 Å². The quantitative estimate of drug-likeness (QED) is 0.477. The van der Waals surface area contributed by atoms with E-state index in [2.05, 4.69) is 13.2 Å². The minimum Gasteiger partial charge on any atom is -0.454 e. The van der Waals surface area contributed by atoms with Crippen molar-refractivity contribution in [1.82, 2.24) is 0 Å². The molecule has 0 amide bonds. The van der Waals surface area contributed by atoms with Crippen molar-refractivity contribution in [3.63, 3.8) is 0 Å². The van der Waals surface area contributed by atoms with Crippen LogP contribution in [0.25, 0.3) is 0 Å². The van der Waals surface area contributed by atoms with Crippen molar-refractivity contribution in [2.45, 2.75) is 12.2 Å². The lowest BCUT2D eigenvalue weighted by molar-refractivity contribution is -0.158. The summed E-state index contributed by atoms with van der Waals surface area (Å²) in [4.78, 5) is 22.5. The van der Waals surface area contributed by atoms with E-state index in [1.807, 2.05) is 12.5 Å². The zero-order valence-electron chi connectivity index (χ0n) is 10.6. The fraction of sp³-hybridized carbons (Fsp3) is 0.500. The van der Waals surface area contributed by atoms with Crippen molar-refractivity contribution in [2.24, 2.45) is 0 Å². The summed E-state index contributed by atoms with van der Waals surface area (Å²) in [7, 11) is 0. The molecular formula is C12H18O4S2. The lowest BCUT2D eigenvalue weighted by atomic mass is 10.2. The zero-order valence-corrected chi connectivity index (χ0v) is 12.2. The molecule has 0 saturated heterocycles. The van der Waals surface area contributed by atoms with E-state index >= 15 is 0 Å². The first-order chi connectivity index (χ1) is 8.58. The number of carbonyl (C=O) groups is 2. The van der Waals surface area contributed by atoms with Crippen molar-refractivity contribution in [3.8, 4) is 0 Å². The maximum absolute atomic E-state index is 11.2. The highest BCUT2D eigenvalue weighted by atomic mass is 32.2. The molecule has 0 aliphatic carbocycles. The molecule has 0 fully saturated rings. The highest BCUT2D eigenvalue weighted by molar-refractivity contribution is 7.98. The van der Waals surface area contributed by atoms with Gasteiger partial charge in [-0.3, -0.25) is 0 Å². The van der Waals surface area contributed by atoms with Gasteiger partial charge in [-0.05, 0) is 12.5 Å². The van der Waals surface area contributed by atoms with Crippen LogP contribution in [0.5, 0.6) is 0 Å². The minimum atomic E-state index is -0.519. The van der Waals surface area contributed by atoms with E-state index in [9.17, 15) is 9.59 Å². The van der Waals surface area contributed by atoms with E-state index < -0.39 is 24.1 Å². The number of esters is 2. The molecule has 0 aliphatic rings. The Balaban J connectivity index is 4.72. The van der Waals surface area contributed by atoms with Crippen LogP contribution in [0.15, 0.2) is 25.3 Å². The minimum absolute atomic E-state index is 0.484. The van der Waals surface area contributed by atoms with Crippen LogP contribution in [0.2, 0.25) is 0 Å². The van der Waals surface area contributed by atoms with Crippen LogP contribution in [-0.4, -0.2) is 48.2 Å². The van der Waals surface area contributed by atoms with Crippen LogP contribution >= 0.6 is 23.5 Å². The van der Waals surface area contributed by atoms with Crippen LogP contribution in [0.1, 0.15) is 0 Å². The Bertz CT molecular complexity index is 274. The van der Waals surface area contributed by atoms with E-state index in [1.165, 1.54) is 23.5 Å². The molecule has 4 nitrogen and oxygen atoms in total. The van der Waals surface area contributed by atoms with Gasteiger partial charge in [-0.2, -0.15) is 23.5 Å². The molecule has 2 atom stereocenters. The number of rotatable bonds is 9. The fourth-order valence-electron chi connectivity index (χ4n) is 1.16. The standard InChI is InChI=1S/C12H18O4S2/c1-5-11(13)15-9(7-17-3)10(8-18-4)16-12(14)6-2/h5-6,9-10H,1-2,7-8H2,3-4H3. The van der Waals surface area contributed by atoms with Crippen LogP contribution < -0.4 is 0 Å². The van der Waals surface area contributed by atoms with Crippen molar-refractivity contribution in [1.29, 1.82) is 0 Å². The average molecular weight is 290 g/mol. The van der Waals surface area contributed by atoms with Gasteiger partial charge in [-0.15, -0.1) is 0 Å². The highest BCUT2D eigenvalue weighted by Crippen LogP contribution is 2.15. The fourth-order valence-corrected chi connectivity index (χ4v) is 2.38. The second-order valence-corrected chi connectivity index (χ2v) is 5.09. The highest BCUT2D eigenvalue weighted by Gasteiger charge is 2.27. The second kappa shape index (κ2) is 10.1. The van der Waals surface area contributed by atoms with E-state index in [1.54, 1.807) is 0 Å². The molecule has 0 aromatic carbocycles. The maximum Gasteiger partial charge on any atom is 0.330 e. The normalized spacial score (nSPS) is 13.2. The summed E-state index contributed by atoms with van der Waals surface area (Å²) in [5.41, 5.74) is 0. The largest absolute Gasteiger partial charge is 0.454 e. The monoisotopic (exact) mass is 290 g/mol. The topological polar surface area (TPSA) is 52.6 Å². The Morgan fingerprint density at radius 1 is 1.00 bits per heavy atom. The van der Waals surface area contributed by atoms with Gasteiger partial charge >= 0.3 is 11.9 Å². The molecule has 0 aliphatic heterocycles. The summed E-state index contributed by atoms with van der Waals surface area (Å²) in [5.74, 6) is 0.0642. The molecule has 0 heterocycles. The molecule has 0 aromatic heterocycles. The third kappa shape index (κ3) is 6.76. The summed E-state index contributed by atoms with van der Waals surface area (Å²) in [6.45, 7) is 6.69. The van der Waals surface area contributed by atoms with Crippen LogP contribution in [0.4, 0.5) is 0 Å². The molecule has 0 bridgehead atoms. The number of ether oxygens (including phenoxy) is 2. The van der Waals surface area contributed by atoms with E-state index in [0.717, 1.165) is 12.2 Å². The molecule has 0 rings (SSSR count). The first-order valence-electron chi connectivity index (χ1n) is 5.23. The summed E-state index contributed by atoms with van der Waals surface area (Å²) < 4.78 is 10.4. The van der Waals surface area contributed by atoms with Gasteiger partial charge in [0.1, 0.15) is 12.2 Å². The number of hydrogen-bond donors (Lipinski definition) is 0. The maximum atomic E-state index is 11.2. The second-order valence-electron chi connectivity index (χ2n) is 3.27. The smallest absolute Gasteiger partial charge is 0.330 e. The van der Waals surface area contributed by atoms with Gasteiger partial charge in [0.2, 0.25) is 0 Å². The predicted octanol–water partition coefficient (Wildman–Crippen LogP) is 1.91. The third-order valence-electron chi connectivity index (χ3n) is 1.94. The molecule has 0 radical (unpaired) electrons. The average Bonchev–Trinajstić information content (AvgIpc) is 2.37. The van der Waals surface area contributed by atoms with Gasteiger partial charge in [0.05, 0.1) is 0 Å². The summed E-state index contributed by atoms with van der Waals surface area (Å²) in [5, 5.41) is 0. The Hall–Kier alpha value is -0.880. The molecule has 6 heteroatoms. The van der Waals surface area contributed by atoms with Gasteiger partial charge < -0.3 is 9.47 Å². The molecule has 2 unspecified atom stereocenters. The van der Waals surface area contributed by atoms with E-state index in [4.69, 9.17) is 9.47 Å². The molecule has 0 spiro atoms. The Labute approximate surface area is 116 Å². The van der Waals surface area contributed by atoms with E-state index in [0.29, 0.717) is 11.5 Å². The zero-order chi connectivity index (χ0) is 14.0. The number of thioether (sulfide) groups is 2. The van der Waals surface area contributed by atoms with Crippen LogP contribution in [-0.2, 0) is 19.1 Å². The number of carbonyl (C=O) groups excluding carboxylic acids is 2. The summed E-state index contributed by atoms with van der Waals surface area (Å²) in [6.07, 6.45) is 5.00. The van der Waals surface area contributed by atoms with Crippen molar-refractivity contribution in [2.75, 3.05) is 24.0 Å². The summed E-state index contributed by atoms with van der Waals surface area (Å²) >= 11 is 3.03. The number of hydrogen-bond acceptors (Lipinski definition) is 6. The van der Waals surface area contributed by atoms with Gasteiger partial charge in [0.25, 0.3) is 0 Å². The Morgan fingerprint density at radius 2 is 1.33 bits per heavy atom. The molecule has 0 N–H and O–H groups in total. The third-order valence-corrected chi connectivity index (χ3v) is 3.27. The van der Waals surface area contributed by atoms with Gasteiger partial charge in [-0.25, -0.2) is 9.59 Å². The molecule has 0 saturated carbocycles. The Kier molecular flexibility index (Phi) is 9.59. The lowest BCUT2D eigenvalue weighted by Crippen LogP contribution is -2.38. The van der Waals surface area contributed by atoms with Crippen molar-refractivity contribution in [3.05, 3.63) is 25.3 Å². The van der Waals surface area contributed by atoms with E-state index in [-0.39, 0.29) is 0 Å². The molecule has 102 valence electrons. The molecule has 0 aromatic rings. The van der Waals surface area contributed by atoms with Crippen molar-refractivity contribution < 1.29 is 19.1 Å². The first kappa shape index (κ1) is 17.1. The lowest BCUT2D eigenvalue weighted by Gasteiger charge is -2.25. The predicted molar refractivity (Wildman–Crippen MR) is 76.9 cm³/mol. The van der Waals surface area contributed by atoms with Crippen LogP contribution in [0, 0.1) is 0 Å². The van der Waals surface area contributed by atoms with Crippen LogP contribution in [0.3, 0.4) is 0 Å². The molecule has 18 heavy (non-hydrogen) atoms. The van der Waals surface area contributed by atoms with Gasteiger partial charge in [0.15, 0.2) is 0 Å². The SMILES string of the molecule is C=CC(=O)OC(CSC)C(CSC)OC(=O)C=C. The first-order valence-corrected chi connectivity index (χ1v) is 8.01.